The fourth-order valence-electron chi connectivity index (χ4n) is 1.51. The van der Waals surface area contributed by atoms with Crippen LogP contribution in [0.4, 0.5) is 5.69 Å². The second kappa shape index (κ2) is 4.95. The van der Waals surface area contributed by atoms with Gasteiger partial charge in [-0.2, -0.15) is 0 Å². The zero-order valence-corrected chi connectivity index (χ0v) is 11.5. The maximum atomic E-state index is 6.15. The minimum Gasteiger partial charge on any atom is -0.398 e. The zero-order valence-electron chi connectivity index (χ0n) is 8.48. The lowest BCUT2D eigenvalue weighted by atomic mass is 10.0. The molecule has 0 heterocycles. The monoisotopic (exact) mass is 305 g/mol. The summed E-state index contributed by atoms with van der Waals surface area (Å²) >= 11 is 24.0. The lowest BCUT2D eigenvalue weighted by Gasteiger charge is -2.11. The van der Waals surface area contributed by atoms with Gasteiger partial charge in [0, 0.05) is 16.8 Å². The van der Waals surface area contributed by atoms with Gasteiger partial charge in [0.25, 0.3) is 0 Å². The third-order valence-corrected chi connectivity index (χ3v) is 4.11. The van der Waals surface area contributed by atoms with E-state index in [0.717, 1.165) is 5.56 Å². The second-order valence-electron chi connectivity index (χ2n) is 3.44. The van der Waals surface area contributed by atoms with Gasteiger partial charge in [0.15, 0.2) is 0 Å². The van der Waals surface area contributed by atoms with Crippen LogP contribution >= 0.6 is 46.4 Å². The van der Waals surface area contributed by atoms with E-state index in [1.165, 1.54) is 0 Å². The van der Waals surface area contributed by atoms with E-state index in [4.69, 9.17) is 52.1 Å². The van der Waals surface area contributed by atoms with E-state index < -0.39 is 0 Å². The van der Waals surface area contributed by atoms with E-state index in [9.17, 15) is 0 Å². The number of para-hydroxylation sites is 1. The Kier molecular flexibility index (Phi) is 3.74. The number of hydrogen-bond donors (Lipinski definition) is 1. The Labute approximate surface area is 119 Å². The molecule has 88 valence electrons. The van der Waals surface area contributed by atoms with Crippen LogP contribution in [0, 0.1) is 0 Å². The maximum Gasteiger partial charge on any atom is 0.0800 e. The molecule has 0 atom stereocenters. The van der Waals surface area contributed by atoms with E-state index in [-0.39, 0.29) is 10.0 Å². The van der Waals surface area contributed by atoms with Crippen LogP contribution in [0.25, 0.3) is 11.1 Å². The Hall–Kier alpha value is -0.600. The van der Waals surface area contributed by atoms with Crippen molar-refractivity contribution in [1.82, 2.24) is 0 Å². The van der Waals surface area contributed by atoms with Gasteiger partial charge >= 0.3 is 0 Å². The first-order valence-electron chi connectivity index (χ1n) is 4.70. The first kappa shape index (κ1) is 12.8. The van der Waals surface area contributed by atoms with Gasteiger partial charge in [-0.15, -0.1) is 0 Å². The highest BCUT2D eigenvalue weighted by atomic mass is 35.5. The molecular weight excluding hydrogens is 300 g/mol. The Balaban J connectivity index is 2.73. The van der Waals surface area contributed by atoms with Crippen LogP contribution in [0.2, 0.25) is 20.1 Å². The van der Waals surface area contributed by atoms with E-state index in [1.807, 2.05) is 18.2 Å². The van der Waals surface area contributed by atoms with Gasteiger partial charge in [0.05, 0.1) is 20.1 Å². The SMILES string of the molecule is Nc1ccccc1-c1cc(Cl)c(Cl)c(Cl)c1Cl. The molecule has 0 bridgehead atoms. The van der Waals surface area contributed by atoms with Gasteiger partial charge in [-0.05, 0) is 12.1 Å². The van der Waals surface area contributed by atoms with Crippen LogP contribution in [-0.4, -0.2) is 0 Å². The number of anilines is 1. The maximum absolute atomic E-state index is 6.15. The average molecular weight is 307 g/mol. The van der Waals surface area contributed by atoms with Crippen molar-refractivity contribution in [2.45, 2.75) is 0 Å². The normalized spacial score (nSPS) is 10.6. The molecule has 2 aromatic carbocycles. The molecule has 0 aliphatic heterocycles. The van der Waals surface area contributed by atoms with Crippen molar-refractivity contribution in [3.05, 3.63) is 50.4 Å². The second-order valence-corrected chi connectivity index (χ2v) is 4.98. The highest BCUT2D eigenvalue weighted by molar-refractivity contribution is 6.52. The molecule has 2 aromatic rings. The first-order chi connectivity index (χ1) is 8.02. The summed E-state index contributed by atoms with van der Waals surface area (Å²) in [5.74, 6) is 0. The van der Waals surface area contributed by atoms with Crippen molar-refractivity contribution >= 4 is 52.1 Å². The summed E-state index contributed by atoms with van der Waals surface area (Å²) in [6.07, 6.45) is 0. The van der Waals surface area contributed by atoms with Crippen LogP contribution < -0.4 is 5.73 Å². The summed E-state index contributed by atoms with van der Waals surface area (Å²) in [6, 6.07) is 8.98. The Bertz CT molecular complexity index is 581. The smallest absolute Gasteiger partial charge is 0.0800 e. The number of rotatable bonds is 1. The zero-order chi connectivity index (χ0) is 12.6. The summed E-state index contributed by atoms with van der Waals surface area (Å²) < 4.78 is 0. The molecule has 0 saturated heterocycles. The van der Waals surface area contributed by atoms with Crippen LogP contribution in [0.1, 0.15) is 0 Å². The highest BCUT2D eigenvalue weighted by Crippen LogP contribution is 2.43. The van der Waals surface area contributed by atoms with Crippen molar-refractivity contribution in [1.29, 1.82) is 0 Å². The van der Waals surface area contributed by atoms with E-state index >= 15 is 0 Å². The van der Waals surface area contributed by atoms with Crippen molar-refractivity contribution < 1.29 is 0 Å². The Morgan fingerprint density at radius 2 is 1.41 bits per heavy atom. The predicted molar refractivity (Wildman–Crippen MR) is 76.3 cm³/mol. The Morgan fingerprint density at radius 1 is 0.765 bits per heavy atom. The molecule has 0 saturated carbocycles. The lowest BCUT2D eigenvalue weighted by Crippen LogP contribution is -1.91. The van der Waals surface area contributed by atoms with Crippen LogP contribution in [0.5, 0.6) is 0 Å². The van der Waals surface area contributed by atoms with Crippen LogP contribution in [-0.2, 0) is 0 Å². The minimum atomic E-state index is 0.235. The molecule has 0 unspecified atom stereocenters. The van der Waals surface area contributed by atoms with Gasteiger partial charge in [-0.25, -0.2) is 0 Å². The largest absolute Gasteiger partial charge is 0.398 e. The third-order valence-electron chi connectivity index (χ3n) is 2.35. The Morgan fingerprint density at radius 3 is 2.06 bits per heavy atom. The van der Waals surface area contributed by atoms with E-state index in [0.29, 0.717) is 21.3 Å². The summed E-state index contributed by atoms with van der Waals surface area (Å²) in [4.78, 5) is 0. The molecular formula is C12H7Cl4N. The summed E-state index contributed by atoms with van der Waals surface area (Å²) in [7, 11) is 0. The first-order valence-corrected chi connectivity index (χ1v) is 6.21. The predicted octanol–water partition coefficient (Wildman–Crippen LogP) is 5.55. The number of halogens is 4. The molecule has 0 fully saturated rings. The molecule has 1 nitrogen and oxygen atoms in total. The quantitative estimate of drug-likeness (QED) is 0.417. The van der Waals surface area contributed by atoms with E-state index in [1.54, 1.807) is 12.1 Å². The molecule has 17 heavy (non-hydrogen) atoms. The van der Waals surface area contributed by atoms with E-state index in [2.05, 4.69) is 0 Å². The van der Waals surface area contributed by atoms with Gasteiger partial charge in [-0.1, -0.05) is 64.6 Å². The van der Waals surface area contributed by atoms with Gasteiger partial charge in [0.1, 0.15) is 0 Å². The van der Waals surface area contributed by atoms with Crippen molar-refractivity contribution in [2.75, 3.05) is 5.73 Å². The number of hydrogen-bond acceptors (Lipinski definition) is 1. The standard InChI is InChI=1S/C12H7Cl4N/c13-8-5-7(10(14)12(16)11(8)15)6-3-1-2-4-9(6)17/h1-5H,17H2. The number of nitrogen functional groups attached to an aromatic ring is 1. The molecule has 0 amide bonds. The third kappa shape index (κ3) is 2.34. The molecule has 0 aliphatic rings. The fourth-order valence-corrected chi connectivity index (χ4v) is 2.41. The van der Waals surface area contributed by atoms with Crippen LogP contribution in [0.3, 0.4) is 0 Å². The molecule has 0 aliphatic carbocycles. The molecule has 0 radical (unpaired) electrons. The highest BCUT2D eigenvalue weighted by Gasteiger charge is 2.15. The summed E-state index contributed by atoms with van der Waals surface area (Å²) in [5.41, 5.74) is 7.93. The van der Waals surface area contributed by atoms with Crippen molar-refractivity contribution in [3.8, 4) is 11.1 Å². The van der Waals surface area contributed by atoms with Crippen LogP contribution in [0.15, 0.2) is 30.3 Å². The lowest BCUT2D eigenvalue weighted by molar-refractivity contribution is 1.61. The summed E-state index contributed by atoms with van der Waals surface area (Å²) in [6.45, 7) is 0. The molecule has 2 rings (SSSR count). The molecule has 5 heteroatoms. The number of nitrogens with two attached hydrogens (primary N) is 1. The molecule has 0 aromatic heterocycles. The average Bonchev–Trinajstić information content (AvgIpc) is 2.32. The molecule has 2 N–H and O–H groups in total. The van der Waals surface area contributed by atoms with Gasteiger partial charge in [0.2, 0.25) is 0 Å². The van der Waals surface area contributed by atoms with Gasteiger partial charge < -0.3 is 5.73 Å². The minimum absolute atomic E-state index is 0.235. The molecule has 0 spiro atoms. The van der Waals surface area contributed by atoms with Gasteiger partial charge in [-0.3, -0.25) is 0 Å². The number of benzene rings is 2. The van der Waals surface area contributed by atoms with Crippen molar-refractivity contribution in [3.63, 3.8) is 0 Å². The summed E-state index contributed by atoms with van der Waals surface area (Å²) in [5, 5.41) is 1.17. The topological polar surface area (TPSA) is 26.0 Å². The fraction of sp³-hybridized carbons (Fsp3) is 0. The van der Waals surface area contributed by atoms with Crippen molar-refractivity contribution in [2.24, 2.45) is 0 Å².